The van der Waals surface area contributed by atoms with Crippen LogP contribution in [0.25, 0.3) is 0 Å². The van der Waals surface area contributed by atoms with E-state index in [-0.39, 0.29) is 0 Å². The van der Waals surface area contributed by atoms with E-state index in [1.165, 1.54) is 0 Å². The van der Waals surface area contributed by atoms with Crippen molar-refractivity contribution in [3.63, 3.8) is 0 Å². The van der Waals surface area contributed by atoms with Crippen molar-refractivity contribution in [2.45, 2.75) is 21.7 Å². The average Bonchev–Trinajstić information content (AvgIpc) is 2.38. The summed E-state index contributed by atoms with van der Waals surface area (Å²) >= 11 is -2.33. The molecule has 18 heavy (non-hydrogen) atoms. The summed E-state index contributed by atoms with van der Waals surface area (Å²) < 4.78 is 33.9. The number of rotatable bonds is 14. The Labute approximate surface area is 117 Å². The summed E-state index contributed by atoms with van der Waals surface area (Å²) in [6, 6.07) is 0. The Hall–Kier alpha value is 0.439. The van der Waals surface area contributed by atoms with Gasteiger partial charge in [-0.05, 0) is 0 Å². The predicted octanol–water partition coefficient (Wildman–Crippen LogP) is 1.51. The summed E-state index contributed by atoms with van der Waals surface area (Å²) in [6.45, 7) is 3.90. The molecule has 0 rings (SSSR count). The molecule has 6 heteroatoms. The van der Waals surface area contributed by atoms with Gasteiger partial charge in [0.1, 0.15) is 0 Å². The molecule has 0 unspecified atom stereocenters. The molecule has 5 nitrogen and oxygen atoms in total. The molecule has 0 saturated carbocycles. The van der Waals surface area contributed by atoms with Gasteiger partial charge in [-0.25, -0.2) is 0 Å². The zero-order valence-corrected chi connectivity index (χ0v) is 14.5. The van der Waals surface area contributed by atoms with Crippen molar-refractivity contribution in [3.05, 3.63) is 0 Å². The van der Waals surface area contributed by atoms with Gasteiger partial charge in [0.05, 0.1) is 0 Å². The molecule has 108 valence electrons. The van der Waals surface area contributed by atoms with Gasteiger partial charge in [0.2, 0.25) is 0 Å². The fraction of sp³-hybridized carbons (Fsp3) is 1.00. The van der Waals surface area contributed by atoms with Crippen LogP contribution < -0.4 is 0 Å². The van der Waals surface area contributed by atoms with E-state index in [4.69, 9.17) is 18.9 Å². The van der Waals surface area contributed by atoms with Crippen molar-refractivity contribution in [1.29, 1.82) is 0 Å². The molecule has 0 aliphatic carbocycles. The van der Waals surface area contributed by atoms with Crippen molar-refractivity contribution < 1.29 is 22.0 Å². The van der Waals surface area contributed by atoms with Gasteiger partial charge in [0.25, 0.3) is 0 Å². The summed E-state index contributed by atoms with van der Waals surface area (Å²) in [7, 11) is 3.31. The molecule has 0 atom stereocenters. The number of hydrogen-bond acceptors (Lipinski definition) is 5. The zero-order valence-electron chi connectivity index (χ0n) is 11.6. The van der Waals surface area contributed by atoms with E-state index in [1.54, 1.807) is 14.2 Å². The molecule has 0 amide bonds. The van der Waals surface area contributed by atoms with Crippen LogP contribution in [0.2, 0.25) is 8.87 Å². The maximum absolute atomic E-state index is 11.7. The average molecular weight is 369 g/mol. The van der Waals surface area contributed by atoms with E-state index in [9.17, 15) is 3.08 Å². The van der Waals surface area contributed by atoms with Crippen LogP contribution in [0.15, 0.2) is 0 Å². The Morgan fingerprint density at radius 1 is 0.722 bits per heavy atom. The Kier molecular flexibility index (Phi) is 15.9. The third-order valence-corrected chi connectivity index (χ3v) is 7.55. The molecule has 0 aliphatic rings. The first kappa shape index (κ1) is 18.4. The molecule has 0 aromatic rings. The molecule has 0 bridgehead atoms. The Morgan fingerprint density at radius 3 is 1.56 bits per heavy atom. The molecule has 0 aromatic heterocycles. The minimum atomic E-state index is -2.33. The van der Waals surface area contributed by atoms with Crippen LogP contribution >= 0.6 is 0 Å². The predicted molar refractivity (Wildman–Crippen MR) is 70.7 cm³/mol. The van der Waals surface area contributed by atoms with Gasteiger partial charge in [-0.3, -0.25) is 0 Å². The van der Waals surface area contributed by atoms with Crippen LogP contribution in [-0.4, -0.2) is 73.6 Å². The van der Waals surface area contributed by atoms with Crippen LogP contribution in [-0.2, 0) is 22.0 Å². The first-order valence-corrected chi connectivity index (χ1v) is 11.7. The first-order valence-electron chi connectivity index (χ1n) is 6.46. The molecule has 0 aliphatic heterocycles. The minimum absolute atomic E-state index is 0.626. The molecule has 0 spiro atoms. The summed E-state index contributed by atoms with van der Waals surface area (Å²) in [5.41, 5.74) is 0. The van der Waals surface area contributed by atoms with Gasteiger partial charge >= 0.3 is 117 Å². The maximum atomic E-state index is 11.7. The Morgan fingerprint density at radius 2 is 1.17 bits per heavy atom. The second-order valence-corrected chi connectivity index (χ2v) is 9.89. The number of hydrogen-bond donors (Lipinski definition) is 0. The monoisotopic (exact) mass is 370 g/mol. The molecular weight excluding hydrogens is 343 g/mol. The molecule has 0 heterocycles. The third-order valence-electron chi connectivity index (χ3n) is 2.35. The first-order chi connectivity index (χ1) is 8.81. The van der Waals surface area contributed by atoms with E-state index >= 15 is 0 Å². The van der Waals surface area contributed by atoms with Crippen LogP contribution in [0.3, 0.4) is 0 Å². The summed E-state index contributed by atoms with van der Waals surface area (Å²) in [4.78, 5) is 0. The normalized spacial score (nSPS) is 10.8. The van der Waals surface area contributed by atoms with E-state index in [1.807, 2.05) is 0 Å². The van der Waals surface area contributed by atoms with E-state index in [0.717, 1.165) is 21.7 Å². The van der Waals surface area contributed by atoms with Gasteiger partial charge in [-0.15, -0.1) is 0 Å². The fourth-order valence-electron chi connectivity index (χ4n) is 1.36. The molecule has 0 radical (unpaired) electrons. The van der Waals surface area contributed by atoms with Gasteiger partial charge in [-0.2, -0.15) is 0 Å². The molecule has 0 fully saturated rings. The van der Waals surface area contributed by atoms with Crippen LogP contribution in [0.1, 0.15) is 12.8 Å². The van der Waals surface area contributed by atoms with Crippen molar-refractivity contribution in [2.24, 2.45) is 0 Å². The molecule has 0 aromatic carbocycles. The second kappa shape index (κ2) is 15.5. The third kappa shape index (κ3) is 14.5. The fourth-order valence-corrected chi connectivity index (χ4v) is 5.14. The molecule has 0 N–H and O–H groups in total. The Balaban J connectivity index is 3.12. The molecule has 0 saturated heterocycles. The summed E-state index contributed by atoms with van der Waals surface area (Å²) in [5.74, 6) is 0. The van der Waals surface area contributed by atoms with Crippen molar-refractivity contribution in [2.75, 3.05) is 53.9 Å². The topological polar surface area (TPSA) is 54.0 Å². The van der Waals surface area contributed by atoms with Crippen LogP contribution in [0, 0.1) is 0 Å². The van der Waals surface area contributed by atoms with Crippen molar-refractivity contribution in [1.82, 2.24) is 0 Å². The van der Waals surface area contributed by atoms with Crippen molar-refractivity contribution >= 4 is 19.7 Å². The second-order valence-electron chi connectivity index (χ2n) is 3.96. The van der Waals surface area contributed by atoms with Crippen LogP contribution in [0.4, 0.5) is 0 Å². The van der Waals surface area contributed by atoms with Gasteiger partial charge in [0, 0.05) is 0 Å². The standard InChI is InChI=1S/2C6H13O2.O.Sn/c2*1-3-4-8-6-5-7-2;;/h2*1,3-6H2,2H3;;. The number of ether oxygens (including phenoxy) is 4. The number of methoxy groups -OCH3 is 2. The van der Waals surface area contributed by atoms with E-state index < -0.39 is 19.7 Å². The SMILES string of the molecule is COCCOCC[CH2][Sn](=[O])[CH2]CCOCCOC. The van der Waals surface area contributed by atoms with Crippen molar-refractivity contribution in [3.8, 4) is 0 Å². The molecular formula is C12H26O5Sn. The van der Waals surface area contributed by atoms with Gasteiger partial charge in [-0.1, -0.05) is 0 Å². The van der Waals surface area contributed by atoms with Gasteiger partial charge in [0.15, 0.2) is 0 Å². The van der Waals surface area contributed by atoms with Gasteiger partial charge < -0.3 is 0 Å². The zero-order chi connectivity index (χ0) is 13.5. The quantitative estimate of drug-likeness (QED) is 0.343. The van der Waals surface area contributed by atoms with Crippen LogP contribution in [0.5, 0.6) is 0 Å². The summed E-state index contributed by atoms with van der Waals surface area (Å²) in [6.07, 6.45) is 1.82. The summed E-state index contributed by atoms with van der Waals surface area (Å²) in [5, 5.41) is 0. The Bertz CT molecular complexity index is 171. The van der Waals surface area contributed by atoms with E-state index in [0.29, 0.717) is 39.6 Å². The van der Waals surface area contributed by atoms with E-state index in [2.05, 4.69) is 0 Å².